The molecule has 3 heteroatoms. The smallest absolute Gasteiger partial charge is 0.303 e. The van der Waals surface area contributed by atoms with E-state index in [2.05, 4.69) is 55.4 Å². The number of ketones is 1. The SMILES string of the molecule is CC(=O)O[C@@H]1C[C@H]2[C@H]3CC[C@@]4(C)[C@@]5(C)CC(C)(C)CC[C@]5(C)CC[C@]4(C)[C@@H]3CC[C@]2(C)[C@@H](C)C1=O. The van der Waals surface area contributed by atoms with E-state index in [0.29, 0.717) is 44.8 Å². The number of fused-ring (bicyclic) bond motifs is 7. The molecule has 10 atom stereocenters. The van der Waals surface area contributed by atoms with Crippen LogP contribution in [0.2, 0.25) is 0 Å². The number of hydrogen-bond acceptors (Lipinski definition) is 3. The quantitative estimate of drug-likeness (QED) is 0.354. The Hall–Kier alpha value is -0.860. The summed E-state index contributed by atoms with van der Waals surface area (Å²) >= 11 is 0. The fourth-order valence-corrected chi connectivity index (χ4v) is 11.5. The molecule has 0 aliphatic heterocycles. The maximum Gasteiger partial charge on any atom is 0.303 e. The van der Waals surface area contributed by atoms with E-state index in [0.717, 1.165) is 12.8 Å². The summed E-state index contributed by atoms with van der Waals surface area (Å²) in [5, 5.41) is 0. The van der Waals surface area contributed by atoms with Crippen LogP contribution in [0.4, 0.5) is 0 Å². The number of carbonyl (C=O) groups excluding carboxylic acids is 2. The molecule has 35 heavy (non-hydrogen) atoms. The Morgan fingerprint density at radius 2 is 1.49 bits per heavy atom. The highest BCUT2D eigenvalue weighted by Gasteiger charge is 2.72. The highest BCUT2D eigenvalue weighted by molar-refractivity contribution is 5.88. The van der Waals surface area contributed by atoms with Crippen LogP contribution in [-0.4, -0.2) is 17.9 Å². The Labute approximate surface area is 214 Å². The summed E-state index contributed by atoms with van der Waals surface area (Å²) in [6, 6.07) is 0. The minimum atomic E-state index is -0.535. The second-order valence-electron chi connectivity index (χ2n) is 15.9. The average Bonchev–Trinajstić information content (AvgIpc) is 2.76. The molecular formula is C32H52O3. The molecule has 5 rings (SSSR count). The van der Waals surface area contributed by atoms with Crippen LogP contribution in [0.5, 0.6) is 0 Å². The highest BCUT2D eigenvalue weighted by atomic mass is 16.5. The molecule has 5 fully saturated rings. The van der Waals surface area contributed by atoms with Crippen LogP contribution in [0.15, 0.2) is 0 Å². The van der Waals surface area contributed by atoms with E-state index in [1.165, 1.54) is 58.3 Å². The number of ether oxygens (including phenoxy) is 1. The van der Waals surface area contributed by atoms with Gasteiger partial charge in [-0.2, -0.15) is 0 Å². The fourth-order valence-electron chi connectivity index (χ4n) is 11.5. The van der Waals surface area contributed by atoms with E-state index in [-0.39, 0.29) is 23.1 Å². The summed E-state index contributed by atoms with van der Waals surface area (Å²) in [5.74, 6) is 1.65. The van der Waals surface area contributed by atoms with Crippen molar-refractivity contribution in [3.63, 3.8) is 0 Å². The van der Waals surface area contributed by atoms with Crippen molar-refractivity contribution in [1.82, 2.24) is 0 Å². The summed E-state index contributed by atoms with van der Waals surface area (Å²) in [5.41, 5.74) is 1.94. The largest absolute Gasteiger partial charge is 0.455 e. The highest BCUT2D eigenvalue weighted by Crippen LogP contribution is 2.79. The van der Waals surface area contributed by atoms with Gasteiger partial charge in [0.25, 0.3) is 0 Å². The van der Waals surface area contributed by atoms with Gasteiger partial charge in [-0.15, -0.1) is 0 Å². The molecule has 0 radical (unpaired) electrons. The molecule has 198 valence electrons. The van der Waals surface area contributed by atoms with Crippen LogP contribution in [0.1, 0.15) is 127 Å². The van der Waals surface area contributed by atoms with Crippen LogP contribution >= 0.6 is 0 Å². The third-order valence-corrected chi connectivity index (χ3v) is 14.4. The third-order valence-electron chi connectivity index (χ3n) is 14.4. The molecule has 5 aliphatic rings. The van der Waals surface area contributed by atoms with Crippen molar-refractivity contribution in [3.05, 3.63) is 0 Å². The van der Waals surface area contributed by atoms with Gasteiger partial charge in [-0.05, 0) is 114 Å². The van der Waals surface area contributed by atoms with Gasteiger partial charge in [0.2, 0.25) is 0 Å². The van der Waals surface area contributed by atoms with Gasteiger partial charge in [0.15, 0.2) is 11.9 Å². The van der Waals surface area contributed by atoms with Gasteiger partial charge in [0.1, 0.15) is 0 Å². The standard InChI is InChI=1S/C32H52O3/c1-20-26(34)25(35-21(2)33)18-24-22-10-13-31(8)30(7,23(22)11-12-29(20,24)6)17-16-28(5)15-14-27(3,4)19-32(28,31)9/h20,22-25H,10-19H2,1-9H3/t20-,22-,23+,24-,25+,28+,29+,30+,31+,32-/m0/s1. The summed E-state index contributed by atoms with van der Waals surface area (Å²) in [6.45, 7) is 21.7. The fraction of sp³-hybridized carbons (Fsp3) is 0.938. The lowest BCUT2D eigenvalue weighted by molar-refractivity contribution is -0.272. The summed E-state index contributed by atoms with van der Waals surface area (Å²) in [7, 11) is 0. The normalized spacial score (nSPS) is 55.1. The van der Waals surface area contributed by atoms with E-state index in [1.807, 2.05) is 0 Å². The van der Waals surface area contributed by atoms with Crippen LogP contribution in [-0.2, 0) is 14.3 Å². The first-order valence-electron chi connectivity index (χ1n) is 14.7. The number of esters is 1. The maximum atomic E-state index is 13.2. The zero-order valence-corrected chi connectivity index (χ0v) is 24.2. The molecule has 0 N–H and O–H groups in total. The van der Waals surface area contributed by atoms with Gasteiger partial charge in [-0.1, -0.05) is 55.4 Å². The third kappa shape index (κ3) is 3.20. The monoisotopic (exact) mass is 484 g/mol. The van der Waals surface area contributed by atoms with Crippen molar-refractivity contribution in [2.45, 2.75) is 133 Å². The van der Waals surface area contributed by atoms with E-state index < -0.39 is 6.10 Å². The van der Waals surface area contributed by atoms with Crippen molar-refractivity contribution in [2.75, 3.05) is 0 Å². The average molecular weight is 485 g/mol. The van der Waals surface area contributed by atoms with Crippen molar-refractivity contribution in [2.24, 2.45) is 56.2 Å². The minimum absolute atomic E-state index is 0.0287. The molecule has 0 saturated heterocycles. The van der Waals surface area contributed by atoms with Crippen molar-refractivity contribution >= 4 is 11.8 Å². The molecule has 0 aromatic rings. The van der Waals surface area contributed by atoms with Crippen LogP contribution in [0.3, 0.4) is 0 Å². The molecule has 0 aromatic heterocycles. The van der Waals surface area contributed by atoms with E-state index in [9.17, 15) is 9.59 Å². The lowest BCUT2D eigenvalue weighted by atomic mass is 9.28. The van der Waals surface area contributed by atoms with Gasteiger partial charge in [0, 0.05) is 12.8 Å². The first-order valence-corrected chi connectivity index (χ1v) is 14.7. The Balaban J connectivity index is 1.52. The molecule has 0 amide bonds. The second-order valence-corrected chi connectivity index (χ2v) is 15.9. The molecule has 5 aliphatic carbocycles. The molecule has 0 spiro atoms. The lowest BCUT2D eigenvalue weighted by Crippen LogP contribution is -2.69. The molecular weight excluding hydrogens is 432 g/mol. The summed E-state index contributed by atoms with van der Waals surface area (Å²) in [6.07, 6.45) is 12.0. The molecule has 0 heterocycles. The zero-order chi connectivity index (χ0) is 25.8. The number of rotatable bonds is 1. The molecule has 0 unspecified atom stereocenters. The topological polar surface area (TPSA) is 43.4 Å². The van der Waals surface area contributed by atoms with E-state index in [1.54, 1.807) is 0 Å². The van der Waals surface area contributed by atoms with Crippen LogP contribution < -0.4 is 0 Å². The Morgan fingerprint density at radius 3 is 2.14 bits per heavy atom. The summed E-state index contributed by atoms with van der Waals surface area (Å²) in [4.78, 5) is 25.1. The van der Waals surface area contributed by atoms with Gasteiger partial charge in [-0.3, -0.25) is 9.59 Å². The Kier molecular flexibility index (Phi) is 5.59. The first-order chi connectivity index (χ1) is 16.0. The number of carbonyl (C=O) groups is 2. The predicted octanol–water partition coefficient (Wildman–Crippen LogP) is 8.00. The van der Waals surface area contributed by atoms with Gasteiger partial charge in [0.05, 0.1) is 0 Å². The predicted molar refractivity (Wildman–Crippen MR) is 141 cm³/mol. The van der Waals surface area contributed by atoms with Gasteiger partial charge < -0.3 is 4.74 Å². The maximum absolute atomic E-state index is 13.2. The van der Waals surface area contributed by atoms with E-state index >= 15 is 0 Å². The number of hydrogen-bond donors (Lipinski definition) is 0. The van der Waals surface area contributed by atoms with Crippen LogP contribution in [0.25, 0.3) is 0 Å². The van der Waals surface area contributed by atoms with E-state index in [4.69, 9.17) is 4.74 Å². The van der Waals surface area contributed by atoms with Crippen molar-refractivity contribution in [1.29, 1.82) is 0 Å². The van der Waals surface area contributed by atoms with Crippen LogP contribution in [0, 0.1) is 56.2 Å². The lowest BCUT2D eigenvalue weighted by Gasteiger charge is -2.76. The Bertz CT molecular complexity index is 922. The second kappa shape index (κ2) is 7.59. The Morgan fingerprint density at radius 1 is 0.829 bits per heavy atom. The molecule has 3 nitrogen and oxygen atoms in total. The molecule has 5 saturated carbocycles. The minimum Gasteiger partial charge on any atom is -0.455 e. The number of Topliss-reactive ketones (excluding diaryl/α,β-unsaturated/α-hetero) is 1. The van der Waals surface area contributed by atoms with Crippen molar-refractivity contribution < 1.29 is 14.3 Å². The first kappa shape index (κ1) is 25.8. The van der Waals surface area contributed by atoms with Gasteiger partial charge in [-0.25, -0.2) is 0 Å². The zero-order valence-electron chi connectivity index (χ0n) is 24.2. The van der Waals surface area contributed by atoms with Crippen molar-refractivity contribution in [3.8, 4) is 0 Å². The van der Waals surface area contributed by atoms with Gasteiger partial charge >= 0.3 is 5.97 Å². The molecule has 0 bridgehead atoms. The summed E-state index contributed by atoms with van der Waals surface area (Å²) < 4.78 is 5.63. The molecule has 0 aromatic carbocycles.